The van der Waals surface area contributed by atoms with E-state index < -0.39 is 5.60 Å². The molecule has 0 spiro atoms. The van der Waals surface area contributed by atoms with Gasteiger partial charge in [0.05, 0.1) is 32.4 Å². The summed E-state index contributed by atoms with van der Waals surface area (Å²) in [7, 11) is 2.22. The van der Waals surface area contributed by atoms with Crippen LogP contribution in [0.3, 0.4) is 0 Å². The Morgan fingerprint density at radius 3 is 1.81 bits per heavy atom. The van der Waals surface area contributed by atoms with Crippen molar-refractivity contribution < 1.29 is 14.8 Å². The Hall–Kier alpha value is -2.14. The first-order valence-electron chi connectivity index (χ1n) is 9.28. The average Bonchev–Trinajstić information content (AvgIpc) is 2.71. The van der Waals surface area contributed by atoms with Gasteiger partial charge in [0, 0.05) is 6.42 Å². The Labute approximate surface area is 157 Å². The van der Waals surface area contributed by atoms with E-state index in [4.69, 9.17) is 0 Å². The molecule has 2 rings (SSSR count). The highest BCUT2D eigenvalue weighted by Crippen LogP contribution is 2.35. The molecule has 0 fully saturated rings. The number of benzene rings is 2. The molecule has 0 aliphatic carbocycles. The predicted molar refractivity (Wildman–Crippen MR) is 106 cm³/mol. The van der Waals surface area contributed by atoms with E-state index in [1.54, 1.807) is 0 Å². The predicted octanol–water partition coefficient (Wildman–Crippen LogP) is 3.66. The molecule has 0 atom stereocenters. The van der Waals surface area contributed by atoms with Gasteiger partial charge in [0.25, 0.3) is 0 Å². The summed E-state index contributed by atoms with van der Waals surface area (Å²) in [4.78, 5) is 0. The van der Waals surface area contributed by atoms with E-state index in [0.29, 0.717) is 16.8 Å². The van der Waals surface area contributed by atoms with Gasteiger partial charge < -0.3 is 9.59 Å². The molecule has 3 N–H and O–H groups in total. The smallest absolute Gasteiger partial charge is 0.156 e. The lowest BCUT2D eigenvalue weighted by Gasteiger charge is -2.33. The van der Waals surface area contributed by atoms with Crippen LogP contribution in [0, 0.1) is 0 Å². The van der Waals surface area contributed by atoms with Crippen LogP contribution >= 0.6 is 0 Å². The lowest BCUT2D eigenvalue weighted by atomic mass is 9.83. The highest BCUT2D eigenvalue weighted by atomic mass is 16.5. The molecule has 140 valence electrons. The number of nitrogens with one attached hydrogen (secondary N) is 1. The van der Waals surface area contributed by atoms with Gasteiger partial charge in [0.1, 0.15) is 0 Å². The molecule has 26 heavy (non-hydrogen) atoms. The van der Waals surface area contributed by atoms with Crippen molar-refractivity contribution in [3.63, 3.8) is 0 Å². The van der Waals surface area contributed by atoms with Crippen LogP contribution in [-0.2, 0) is 5.60 Å². The van der Waals surface area contributed by atoms with Gasteiger partial charge >= 0.3 is 0 Å². The first-order valence-corrected chi connectivity index (χ1v) is 9.28. The molecule has 2 aromatic rings. The van der Waals surface area contributed by atoms with Crippen molar-refractivity contribution in [2.75, 3.05) is 26.7 Å². The highest BCUT2D eigenvalue weighted by Gasteiger charge is 2.36. The summed E-state index contributed by atoms with van der Waals surface area (Å²) in [5.41, 5.74) is 2.64. The van der Waals surface area contributed by atoms with E-state index in [-0.39, 0.29) is 0 Å². The first kappa shape index (κ1) is 20.2. The molecule has 2 aromatic carbocycles. The summed E-state index contributed by atoms with van der Waals surface area (Å²) in [6.07, 6.45) is 2.66. The van der Waals surface area contributed by atoms with Crippen LogP contribution in [0.25, 0.3) is 0 Å². The number of hydrogen-bond donors (Lipinski definition) is 3. The van der Waals surface area contributed by atoms with Crippen LogP contribution in [0.1, 0.15) is 31.4 Å². The standard InChI is InChI=1S/C22H31N2O2/c1-4-24(3,5-2)18-12-17-21(23-26)22(25,19-13-8-6-9-14-19)20-15-10-7-11-16-20/h6-11,13-17,23,25-26H,4-5,12,18H2,1-3H3/q+1/b21-17+. The Bertz CT molecular complexity index is 655. The molecule has 0 aliphatic heterocycles. The molecule has 4 nitrogen and oxygen atoms in total. The van der Waals surface area contributed by atoms with Gasteiger partial charge in [-0.25, -0.2) is 0 Å². The Morgan fingerprint density at radius 1 is 0.962 bits per heavy atom. The third-order valence-electron chi connectivity index (χ3n) is 5.44. The highest BCUT2D eigenvalue weighted by molar-refractivity contribution is 5.44. The first-order chi connectivity index (χ1) is 12.5. The van der Waals surface area contributed by atoms with Crippen molar-refractivity contribution in [1.82, 2.24) is 5.48 Å². The van der Waals surface area contributed by atoms with E-state index in [1.807, 2.05) is 66.7 Å². The zero-order valence-electron chi connectivity index (χ0n) is 16.0. The molecular weight excluding hydrogens is 324 g/mol. The molecule has 0 aromatic heterocycles. The molecule has 0 unspecified atom stereocenters. The van der Waals surface area contributed by atoms with Gasteiger partial charge in [-0.2, -0.15) is 0 Å². The number of rotatable bonds is 9. The van der Waals surface area contributed by atoms with Gasteiger partial charge in [-0.15, -0.1) is 0 Å². The minimum absolute atomic E-state index is 0.383. The number of nitrogens with zero attached hydrogens (tertiary/aromatic N) is 1. The molecule has 0 amide bonds. The third-order valence-corrected chi connectivity index (χ3v) is 5.44. The Balaban J connectivity index is 2.42. The molecule has 4 heteroatoms. The zero-order valence-corrected chi connectivity index (χ0v) is 16.0. The largest absolute Gasteiger partial charge is 0.374 e. The fraction of sp³-hybridized carbons (Fsp3) is 0.364. The molecule has 0 saturated heterocycles. The van der Waals surface area contributed by atoms with Gasteiger partial charge in [0.15, 0.2) is 5.60 Å². The maximum Gasteiger partial charge on any atom is 0.156 e. The number of hydrogen-bond acceptors (Lipinski definition) is 3. The molecule has 0 saturated carbocycles. The van der Waals surface area contributed by atoms with Crippen LogP contribution in [0.4, 0.5) is 0 Å². The van der Waals surface area contributed by atoms with Gasteiger partial charge in [0.2, 0.25) is 0 Å². The number of hydroxylamine groups is 1. The van der Waals surface area contributed by atoms with Crippen LogP contribution in [0.15, 0.2) is 72.4 Å². The van der Waals surface area contributed by atoms with Gasteiger partial charge in [-0.1, -0.05) is 66.7 Å². The lowest BCUT2D eigenvalue weighted by Crippen LogP contribution is -2.44. The fourth-order valence-electron chi connectivity index (χ4n) is 3.17. The number of aliphatic hydroxyl groups is 1. The van der Waals surface area contributed by atoms with E-state index in [0.717, 1.165) is 30.5 Å². The van der Waals surface area contributed by atoms with E-state index in [2.05, 4.69) is 26.4 Å². The van der Waals surface area contributed by atoms with Crippen molar-refractivity contribution in [2.24, 2.45) is 0 Å². The lowest BCUT2D eigenvalue weighted by molar-refractivity contribution is -0.905. The van der Waals surface area contributed by atoms with Crippen molar-refractivity contribution in [1.29, 1.82) is 0 Å². The van der Waals surface area contributed by atoms with Crippen molar-refractivity contribution in [3.8, 4) is 0 Å². The molecule has 0 heterocycles. The number of quaternary nitrogens is 1. The fourth-order valence-corrected chi connectivity index (χ4v) is 3.17. The van der Waals surface area contributed by atoms with E-state index >= 15 is 0 Å². The summed E-state index contributed by atoms with van der Waals surface area (Å²) in [5.74, 6) is 0. The van der Waals surface area contributed by atoms with Gasteiger partial charge in [-0.05, 0) is 25.0 Å². The minimum Gasteiger partial charge on any atom is -0.374 e. The monoisotopic (exact) mass is 355 g/mol. The summed E-state index contributed by atoms with van der Waals surface area (Å²) in [5, 5.41) is 21.5. The Morgan fingerprint density at radius 2 is 1.42 bits per heavy atom. The second-order valence-electron chi connectivity index (χ2n) is 6.94. The second kappa shape index (κ2) is 8.99. The maximum absolute atomic E-state index is 11.7. The van der Waals surface area contributed by atoms with Crippen LogP contribution in [0.5, 0.6) is 0 Å². The van der Waals surface area contributed by atoms with Crippen molar-refractivity contribution in [2.45, 2.75) is 25.9 Å². The van der Waals surface area contributed by atoms with Gasteiger partial charge in [-0.3, -0.25) is 10.7 Å². The Kier molecular flexibility index (Phi) is 6.98. The van der Waals surface area contributed by atoms with E-state index in [9.17, 15) is 10.3 Å². The SMILES string of the molecule is CC[N+](C)(CC)CC/C=C(/NO)C(O)(c1ccccc1)c1ccccc1. The molecule has 0 aliphatic rings. The summed E-state index contributed by atoms with van der Waals surface area (Å²) in [6.45, 7) is 7.41. The van der Waals surface area contributed by atoms with Crippen LogP contribution in [0.2, 0.25) is 0 Å². The normalized spacial score (nSPS) is 12.9. The summed E-state index contributed by atoms with van der Waals surface area (Å²) < 4.78 is 0.949. The second-order valence-corrected chi connectivity index (χ2v) is 6.94. The summed E-state index contributed by atoms with van der Waals surface area (Å²) in [6, 6.07) is 18.9. The summed E-state index contributed by atoms with van der Waals surface area (Å²) >= 11 is 0. The van der Waals surface area contributed by atoms with Crippen molar-refractivity contribution >= 4 is 0 Å². The molecule has 0 bridgehead atoms. The zero-order chi connectivity index (χ0) is 19.0. The quantitative estimate of drug-likeness (QED) is 0.475. The minimum atomic E-state index is -1.43. The average molecular weight is 356 g/mol. The topological polar surface area (TPSA) is 52.5 Å². The van der Waals surface area contributed by atoms with Crippen molar-refractivity contribution in [3.05, 3.63) is 83.6 Å². The third kappa shape index (κ3) is 4.33. The van der Waals surface area contributed by atoms with Crippen LogP contribution in [-0.4, -0.2) is 41.5 Å². The van der Waals surface area contributed by atoms with Crippen LogP contribution < -0.4 is 5.48 Å². The van der Waals surface area contributed by atoms with E-state index in [1.165, 1.54) is 0 Å². The molecular formula is C22H31N2O2+. The maximum atomic E-state index is 11.7. The molecule has 0 radical (unpaired) electrons.